The first kappa shape index (κ1) is 30.5. The average Bonchev–Trinajstić information content (AvgIpc) is 2.79. The molecule has 2 aromatic rings. The molecule has 0 aliphatic rings. The zero-order valence-corrected chi connectivity index (χ0v) is 24.0. The summed E-state index contributed by atoms with van der Waals surface area (Å²) >= 11 is 18.5. The Bertz CT molecular complexity index is 1130. The summed E-state index contributed by atoms with van der Waals surface area (Å²) in [6, 6.07) is 11.1. The third kappa shape index (κ3) is 8.15. The van der Waals surface area contributed by atoms with Crippen molar-refractivity contribution in [2.24, 2.45) is 5.92 Å². The number of nitrogens with zero attached hydrogens (tertiary/aromatic N) is 1. The summed E-state index contributed by atoms with van der Waals surface area (Å²) in [5.74, 6) is 0.224. The Morgan fingerprint density at radius 1 is 1.06 bits per heavy atom. The Hall–Kier alpha value is -1.71. The van der Waals surface area contributed by atoms with Crippen LogP contribution in [0.15, 0.2) is 36.4 Å². The van der Waals surface area contributed by atoms with Gasteiger partial charge in [0.05, 0.1) is 28.8 Å². The zero-order valence-electron chi connectivity index (χ0n) is 20.9. The van der Waals surface area contributed by atoms with Gasteiger partial charge in [-0.25, -0.2) is 12.7 Å². The predicted octanol–water partition coefficient (Wildman–Crippen LogP) is 5.12. The molecule has 2 rings (SSSR count). The third-order valence-corrected chi connectivity index (χ3v) is 7.78. The van der Waals surface area contributed by atoms with Crippen LogP contribution in [-0.2, 0) is 20.2 Å². The molecule has 1 N–H and O–H groups in total. The van der Waals surface area contributed by atoms with E-state index in [0.29, 0.717) is 21.5 Å². The maximum absolute atomic E-state index is 11.8. The second kappa shape index (κ2) is 12.7. The van der Waals surface area contributed by atoms with E-state index in [1.807, 2.05) is 45.0 Å². The Labute approximate surface area is 228 Å². The molecule has 0 aliphatic heterocycles. The number of sulfonamides is 1. The summed E-state index contributed by atoms with van der Waals surface area (Å²) in [6.45, 7) is 7.38. The van der Waals surface area contributed by atoms with E-state index in [4.69, 9.17) is 44.3 Å². The van der Waals surface area contributed by atoms with Gasteiger partial charge in [0.1, 0.15) is 18.5 Å². The van der Waals surface area contributed by atoms with Gasteiger partial charge in [-0.15, -0.1) is 11.6 Å². The summed E-state index contributed by atoms with van der Waals surface area (Å²) in [5, 5.41) is 10.3. The molecule has 36 heavy (non-hydrogen) atoms. The molecule has 7 nitrogen and oxygen atoms in total. The van der Waals surface area contributed by atoms with Gasteiger partial charge in [-0.2, -0.15) is 0 Å². The lowest BCUT2D eigenvalue weighted by molar-refractivity contribution is -0.124. The topological polar surface area (TPSA) is 93.1 Å². The molecule has 1 amide bonds. The van der Waals surface area contributed by atoms with Gasteiger partial charge < -0.3 is 14.6 Å². The van der Waals surface area contributed by atoms with Crippen LogP contribution >= 0.6 is 34.8 Å². The van der Waals surface area contributed by atoms with E-state index < -0.39 is 27.4 Å². The molecule has 2 atom stereocenters. The van der Waals surface area contributed by atoms with Crippen molar-refractivity contribution in [1.82, 2.24) is 4.31 Å². The summed E-state index contributed by atoms with van der Waals surface area (Å²) < 4.78 is 35.8. The molecule has 0 aromatic heterocycles. The molecule has 0 saturated heterocycles. The molecule has 0 aliphatic carbocycles. The molecule has 0 bridgehead atoms. The van der Waals surface area contributed by atoms with E-state index in [0.717, 1.165) is 21.7 Å². The highest BCUT2D eigenvalue weighted by Crippen LogP contribution is 2.40. The minimum Gasteiger partial charge on any atom is -0.493 e. The number of ether oxygens (including phenoxy) is 2. The molecule has 200 valence electrons. The summed E-state index contributed by atoms with van der Waals surface area (Å²) in [6.07, 6.45) is 0.182. The molecule has 11 heteroatoms. The Balaban J connectivity index is 2.10. The van der Waals surface area contributed by atoms with E-state index in [1.165, 1.54) is 6.92 Å². The maximum Gasteiger partial charge on any atom is 0.234 e. The number of hydrogen-bond acceptors (Lipinski definition) is 6. The highest BCUT2D eigenvalue weighted by atomic mass is 35.5. The first-order chi connectivity index (χ1) is 16.7. The number of carbonyl (C=O) groups excluding carboxylic acids is 1. The SMILES string of the molecule is CC(=O)N(C[C@H](C)COc1ccc(C(C)(C)c2cc(Cl)c(OC[C@@H](O)CCl)c(Cl)c2)cc1)S(C)(=O)=O. The van der Waals surface area contributed by atoms with E-state index in [1.54, 1.807) is 12.1 Å². The summed E-state index contributed by atoms with van der Waals surface area (Å²) in [4.78, 5) is 11.6. The van der Waals surface area contributed by atoms with Crippen molar-refractivity contribution in [3.63, 3.8) is 0 Å². The molecular formula is C25H32Cl3NO6S. The lowest BCUT2D eigenvalue weighted by atomic mass is 9.78. The standard InChI is InChI=1S/C25H32Cl3NO6S/c1-16(13-29(17(2)30)36(5,32)33)14-34-21-8-6-18(7-9-21)25(3,4)19-10-22(27)24(23(28)11-19)35-15-20(31)12-26/h6-11,16,20,31H,12-15H2,1-5H3/t16-,20-/m0/s1. The Morgan fingerprint density at radius 3 is 2.08 bits per heavy atom. The fraction of sp³-hybridized carbons (Fsp3) is 0.480. The molecule has 0 saturated carbocycles. The van der Waals surface area contributed by atoms with Gasteiger partial charge in [-0.05, 0) is 35.4 Å². The van der Waals surface area contributed by atoms with Gasteiger partial charge in [0.2, 0.25) is 15.9 Å². The summed E-state index contributed by atoms with van der Waals surface area (Å²) in [5.41, 5.74) is 1.40. The number of hydrogen-bond donors (Lipinski definition) is 1. The second-order valence-electron chi connectivity index (χ2n) is 9.27. The molecule has 0 fully saturated rings. The number of halogens is 3. The zero-order chi connectivity index (χ0) is 27.3. The van der Waals surface area contributed by atoms with Gasteiger partial charge >= 0.3 is 0 Å². The van der Waals surface area contributed by atoms with Crippen LogP contribution in [0, 0.1) is 5.92 Å². The first-order valence-electron chi connectivity index (χ1n) is 11.2. The quantitative estimate of drug-likeness (QED) is 0.350. The van der Waals surface area contributed by atoms with E-state index in [2.05, 4.69) is 0 Å². The molecule has 0 radical (unpaired) electrons. The lowest BCUT2D eigenvalue weighted by Crippen LogP contribution is -2.38. The van der Waals surface area contributed by atoms with E-state index in [9.17, 15) is 18.3 Å². The smallest absolute Gasteiger partial charge is 0.234 e. The van der Waals surface area contributed by atoms with Crippen molar-refractivity contribution in [2.75, 3.05) is 31.9 Å². The van der Waals surface area contributed by atoms with Crippen LogP contribution in [0.5, 0.6) is 11.5 Å². The minimum atomic E-state index is -3.62. The highest BCUT2D eigenvalue weighted by molar-refractivity contribution is 7.88. The van der Waals surface area contributed by atoms with Crippen molar-refractivity contribution in [2.45, 2.75) is 39.2 Å². The van der Waals surface area contributed by atoms with Gasteiger partial charge in [0, 0.05) is 24.8 Å². The van der Waals surface area contributed by atoms with Gasteiger partial charge in [-0.3, -0.25) is 4.79 Å². The average molecular weight is 581 g/mol. The van der Waals surface area contributed by atoms with Crippen molar-refractivity contribution in [3.05, 3.63) is 57.6 Å². The van der Waals surface area contributed by atoms with Gasteiger partial charge in [-0.1, -0.05) is 56.1 Å². The second-order valence-corrected chi connectivity index (χ2v) is 12.3. The van der Waals surface area contributed by atoms with Gasteiger partial charge in [0.25, 0.3) is 0 Å². The maximum atomic E-state index is 11.8. The van der Waals surface area contributed by atoms with Crippen LogP contribution in [0.2, 0.25) is 10.0 Å². The normalized spacial score (nSPS) is 13.7. The van der Waals surface area contributed by atoms with Crippen LogP contribution in [0.4, 0.5) is 0 Å². The third-order valence-electron chi connectivity index (χ3n) is 5.66. The largest absolute Gasteiger partial charge is 0.493 e. The monoisotopic (exact) mass is 579 g/mol. The van der Waals surface area contributed by atoms with Crippen molar-refractivity contribution in [3.8, 4) is 11.5 Å². The Kier molecular flexibility index (Phi) is 10.8. The number of amides is 1. The van der Waals surface area contributed by atoms with E-state index in [-0.39, 0.29) is 31.6 Å². The predicted molar refractivity (Wildman–Crippen MR) is 144 cm³/mol. The number of rotatable bonds is 12. The number of carbonyl (C=O) groups is 1. The fourth-order valence-corrected chi connectivity index (χ4v) is 5.17. The number of aliphatic hydroxyl groups excluding tert-OH is 1. The minimum absolute atomic E-state index is 0.0210. The lowest BCUT2D eigenvalue weighted by Gasteiger charge is -2.27. The fourth-order valence-electron chi connectivity index (χ4n) is 3.49. The first-order valence-corrected chi connectivity index (χ1v) is 14.4. The molecular weight excluding hydrogens is 549 g/mol. The van der Waals surface area contributed by atoms with Gasteiger partial charge in [0.15, 0.2) is 5.75 Å². The van der Waals surface area contributed by atoms with Crippen molar-refractivity contribution in [1.29, 1.82) is 0 Å². The number of aliphatic hydroxyl groups is 1. The highest BCUT2D eigenvalue weighted by Gasteiger charge is 2.26. The molecule has 0 spiro atoms. The van der Waals surface area contributed by atoms with Crippen LogP contribution < -0.4 is 9.47 Å². The number of alkyl halides is 1. The molecule has 0 unspecified atom stereocenters. The van der Waals surface area contributed by atoms with Crippen molar-refractivity contribution >= 4 is 50.7 Å². The molecule has 0 heterocycles. The van der Waals surface area contributed by atoms with Crippen molar-refractivity contribution < 1.29 is 27.8 Å². The Morgan fingerprint density at radius 2 is 1.61 bits per heavy atom. The van der Waals surface area contributed by atoms with Crippen LogP contribution in [0.25, 0.3) is 0 Å². The molecule has 2 aromatic carbocycles. The van der Waals surface area contributed by atoms with Crippen LogP contribution in [-0.4, -0.2) is 61.7 Å². The number of benzene rings is 2. The van der Waals surface area contributed by atoms with Crippen LogP contribution in [0.3, 0.4) is 0 Å². The van der Waals surface area contributed by atoms with E-state index >= 15 is 0 Å². The van der Waals surface area contributed by atoms with Crippen LogP contribution in [0.1, 0.15) is 38.8 Å². The summed E-state index contributed by atoms with van der Waals surface area (Å²) in [7, 11) is -3.62.